The smallest absolute Gasteiger partial charge is 0.159 e. The van der Waals surface area contributed by atoms with E-state index in [0.717, 1.165) is 24.1 Å². The van der Waals surface area contributed by atoms with E-state index in [-0.39, 0.29) is 5.41 Å². The summed E-state index contributed by atoms with van der Waals surface area (Å²) in [5.41, 5.74) is -0.228. The maximum Gasteiger partial charge on any atom is 0.159 e. The van der Waals surface area contributed by atoms with Gasteiger partial charge < -0.3 is 14.0 Å². The number of quaternary nitrogens is 1. The Balaban J connectivity index is 4.52. The molecule has 0 aromatic carbocycles. The summed E-state index contributed by atoms with van der Waals surface area (Å²) in [4.78, 5) is 0. The standard InChI is InChI=1S/C21H48NO2Si/c1-7-11-13-15-16-18-21(23-9-3,24-10-4)25-20-22(5,6)19-17-14-12-8-2/h7-20,25H2,1-6H3/q+1. The Labute approximate surface area is 161 Å². The minimum atomic E-state index is -0.459. The van der Waals surface area contributed by atoms with Gasteiger partial charge in [-0.25, -0.2) is 0 Å². The van der Waals surface area contributed by atoms with Gasteiger partial charge in [-0.1, -0.05) is 52.4 Å². The molecule has 0 atom stereocenters. The van der Waals surface area contributed by atoms with Crippen LogP contribution in [-0.4, -0.2) is 59.4 Å². The summed E-state index contributed by atoms with van der Waals surface area (Å²) in [5, 5.41) is 0. The predicted molar refractivity (Wildman–Crippen MR) is 114 cm³/mol. The summed E-state index contributed by atoms with van der Waals surface area (Å²) in [6.45, 7) is 11.6. The minimum Gasteiger partial charge on any atom is -0.354 e. The third-order valence-electron chi connectivity index (χ3n) is 5.19. The van der Waals surface area contributed by atoms with Crippen molar-refractivity contribution < 1.29 is 14.0 Å². The van der Waals surface area contributed by atoms with E-state index in [1.165, 1.54) is 70.5 Å². The van der Waals surface area contributed by atoms with Gasteiger partial charge in [-0.2, -0.15) is 0 Å². The first kappa shape index (κ1) is 25.1. The maximum atomic E-state index is 6.24. The normalized spacial score (nSPS) is 13.2. The molecule has 3 nitrogen and oxygen atoms in total. The second kappa shape index (κ2) is 15.2. The molecular weight excluding hydrogens is 326 g/mol. The Morgan fingerprint density at radius 3 is 1.76 bits per heavy atom. The number of hydrogen-bond donors (Lipinski definition) is 0. The Bertz CT molecular complexity index is 292. The highest BCUT2D eigenvalue weighted by molar-refractivity contribution is 6.38. The van der Waals surface area contributed by atoms with E-state index in [1.807, 2.05) is 0 Å². The molecule has 152 valence electrons. The van der Waals surface area contributed by atoms with Crippen LogP contribution in [0, 0.1) is 0 Å². The first-order valence-electron chi connectivity index (χ1n) is 11.0. The van der Waals surface area contributed by atoms with Gasteiger partial charge in [-0.15, -0.1) is 0 Å². The highest BCUT2D eigenvalue weighted by atomic mass is 28.2. The van der Waals surface area contributed by atoms with Gasteiger partial charge in [0.05, 0.1) is 26.8 Å². The Kier molecular flexibility index (Phi) is 15.2. The van der Waals surface area contributed by atoms with E-state index >= 15 is 0 Å². The van der Waals surface area contributed by atoms with Crippen molar-refractivity contribution >= 4 is 9.52 Å². The van der Waals surface area contributed by atoms with Gasteiger partial charge in [0.25, 0.3) is 0 Å². The first-order valence-corrected chi connectivity index (χ1v) is 12.8. The van der Waals surface area contributed by atoms with Crippen molar-refractivity contribution in [2.45, 2.75) is 97.3 Å². The molecular formula is C21H48NO2Si+. The van der Waals surface area contributed by atoms with E-state index in [0.29, 0.717) is 0 Å². The van der Waals surface area contributed by atoms with Crippen LogP contribution in [0.15, 0.2) is 0 Å². The molecule has 0 fully saturated rings. The molecule has 0 radical (unpaired) electrons. The lowest BCUT2D eigenvalue weighted by Gasteiger charge is -2.37. The number of nitrogens with zero attached hydrogens (tertiary/aromatic N) is 1. The van der Waals surface area contributed by atoms with Gasteiger partial charge in [-0.3, -0.25) is 0 Å². The van der Waals surface area contributed by atoms with Crippen molar-refractivity contribution in [1.29, 1.82) is 0 Å². The van der Waals surface area contributed by atoms with Gasteiger partial charge in [0, 0.05) is 13.2 Å². The number of unbranched alkanes of at least 4 members (excludes halogenated alkanes) is 7. The summed E-state index contributed by atoms with van der Waals surface area (Å²) in [7, 11) is 4.32. The van der Waals surface area contributed by atoms with Gasteiger partial charge in [-0.05, 0) is 39.5 Å². The Morgan fingerprint density at radius 1 is 0.720 bits per heavy atom. The van der Waals surface area contributed by atoms with Crippen molar-refractivity contribution in [2.75, 3.05) is 40.0 Å². The van der Waals surface area contributed by atoms with Crippen LogP contribution < -0.4 is 0 Å². The van der Waals surface area contributed by atoms with Crippen LogP contribution in [0.25, 0.3) is 0 Å². The van der Waals surface area contributed by atoms with Crippen LogP contribution in [0.2, 0.25) is 0 Å². The minimum absolute atomic E-state index is 0.228. The van der Waals surface area contributed by atoms with Crippen molar-refractivity contribution in [1.82, 2.24) is 0 Å². The number of rotatable bonds is 18. The lowest BCUT2D eigenvalue weighted by Crippen LogP contribution is -2.52. The van der Waals surface area contributed by atoms with Crippen molar-refractivity contribution in [3.05, 3.63) is 0 Å². The zero-order valence-corrected chi connectivity index (χ0v) is 19.8. The van der Waals surface area contributed by atoms with Crippen LogP contribution in [0.1, 0.15) is 91.9 Å². The molecule has 0 saturated heterocycles. The molecule has 0 spiro atoms. The van der Waals surface area contributed by atoms with Crippen molar-refractivity contribution in [3.8, 4) is 0 Å². The number of ether oxygens (including phenoxy) is 2. The molecule has 0 rings (SSSR count). The predicted octanol–water partition coefficient (Wildman–Crippen LogP) is 4.86. The maximum absolute atomic E-state index is 6.24. The molecule has 0 aliphatic rings. The van der Waals surface area contributed by atoms with Crippen LogP contribution >= 0.6 is 0 Å². The molecule has 0 heterocycles. The molecule has 0 aromatic heterocycles. The summed E-state index contributed by atoms with van der Waals surface area (Å²) in [6.07, 6.45) is 14.4. The van der Waals surface area contributed by atoms with Crippen LogP contribution in [-0.2, 0) is 9.47 Å². The fourth-order valence-electron chi connectivity index (χ4n) is 3.53. The summed E-state index contributed by atoms with van der Waals surface area (Å²) in [6, 6.07) is 0. The van der Waals surface area contributed by atoms with Gasteiger partial charge in [0.2, 0.25) is 0 Å². The Hall–Kier alpha value is 0.0969. The van der Waals surface area contributed by atoms with E-state index in [1.54, 1.807) is 0 Å². The number of hydrogen-bond acceptors (Lipinski definition) is 2. The molecule has 0 unspecified atom stereocenters. The highest BCUT2D eigenvalue weighted by Gasteiger charge is 2.34. The van der Waals surface area contributed by atoms with Crippen molar-refractivity contribution in [2.24, 2.45) is 0 Å². The fourth-order valence-corrected chi connectivity index (χ4v) is 5.90. The highest BCUT2D eigenvalue weighted by Crippen LogP contribution is 2.22. The molecule has 25 heavy (non-hydrogen) atoms. The molecule has 0 amide bonds. The lowest BCUT2D eigenvalue weighted by molar-refractivity contribution is -0.880. The second-order valence-electron chi connectivity index (χ2n) is 8.13. The first-order chi connectivity index (χ1) is 11.9. The fraction of sp³-hybridized carbons (Fsp3) is 1.00. The largest absolute Gasteiger partial charge is 0.354 e. The molecule has 0 saturated carbocycles. The van der Waals surface area contributed by atoms with Crippen LogP contribution in [0.4, 0.5) is 0 Å². The third-order valence-corrected chi connectivity index (χ3v) is 8.15. The van der Waals surface area contributed by atoms with Gasteiger partial charge in [0.15, 0.2) is 14.9 Å². The molecule has 0 aliphatic heterocycles. The lowest BCUT2D eigenvalue weighted by atomic mass is 10.1. The zero-order valence-electron chi connectivity index (χ0n) is 18.4. The van der Waals surface area contributed by atoms with Gasteiger partial charge >= 0.3 is 0 Å². The topological polar surface area (TPSA) is 18.5 Å². The van der Waals surface area contributed by atoms with E-state index in [9.17, 15) is 0 Å². The summed E-state index contributed by atoms with van der Waals surface area (Å²) in [5.74, 6) is 0. The summed E-state index contributed by atoms with van der Waals surface area (Å²) < 4.78 is 13.6. The Morgan fingerprint density at radius 2 is 1.24 bits per heavy atom. The average molecular weight is 375 g/mol. The third kappa shape index (κ3) is 13.0. The molecule has 0 aromatic rings. The molecule has 0 N–H and O–H groups in total. The zero-order chi connectivity index (χ0) is 19.0. The molecule has 4 heteroatoms. The molecule has 0 aliphatic carbocycles. The van der Waals surface area contributed by atoms with E-state index in [4.69, 9.17) is 9.47 Å². The SMILES string of the molecule is CCCCCCCC(OCC)(OCC)[SiH2]C[N+](C)(C)CCCCCC. The quantitative estimate of drug-likeness (QED) is 0.148. The van der Waals surface area contributed by atoms with E-state index < -0.39 is 9.52 Å². The van der Waals surface area contributed by atoms with Crippen LogP contribution in [0.3, 0.4) is 0 Å². The molecule has 0 bridgehead atoms. The van der Waals surface area contributed by atoms with Crippen LogP contribution in [0.5, 0.6) is 0 Å². The van der Waals surface area contributed by atoms with Crippen molar-refractivity contribution in [3.63, 3.8) is 0 Å². The second-order valence-corrected chi connectivity index (χ2v) is 10.2. The average Bonchev–Trinajstić information content (AvgIpc) is 2.57. The van der Waals surface area contributed by atoms with E-state index in [2.05, 4.69) is 41.8 Å². The van der Waals surface area contributed by atoms with Gasteiger partial charge in [0.1, 0.15) is 0 Å². The summed E-state index contributed by atoms with van der Waals surface area (Å²) >= 11 is 0. The monoisotopic (exact) mass is 374 g/mol.